The summed E-state index contributed by atoms with van der Waals surface area (Å²) >= 11 is 0. The smallest absolute Gasteiger partial charge is 0.259 e. The van der Waals surface area contributed by atoms with Gasteiger partial charge >= 0.3 is 0 Å². The van der Waals surface area contributed by atoms with Gasteiger partial charge < -0.3 is 9.42 Å². The molecule has 6 nitrogen and oxygen atoms in total. The number of nitrogens with zero attached hydrogens (tertiary/aromatic N) is 4. The Labute approximate surface area is 140 Å². The molecule has 3 aromatic rings. The van der Waals surface area contributed by atoms with Crippen molar-refractivity contribution in [3.63, 3.8) is 0 Å². The summed E-state index contributed by atoms with van der Waals surface area (Å²) in [5, 5.41) is 4.65. The van der Waals surface area contributed by atoms with Crippen LogP contribution in [0.5, 0.6) is 0 Å². The number of carbonyl (C=O) groups is 1. The number of rotatable bonds is 4. The van der Waals surface area contributed by atoms with E-state index in [1.807, 2.05) is 39.0 Å². The van der Waals surface area contributed by atoms with E-state index in [2.05, 4.69) is 15.1 Å². The molecule has 3 rings (SSSR count). The molecule has 0 N–H and O–H groups in total. The quantitative estimate of drug-likeness (QED) is 0.736. The molecule has 0 aromatic carbocycles. The van der Waals surface area contributed by atoms with Crippen LogP contribution in [0.25, 0.3) is 11.1 Å². The van der Waals surface area contributed by atoms with Crippen molar-refractivity contribution >= 4 is 17.0 Å². The normalized spacial score (nSPS) is 11.2. The summed E-state index contributed by atoms with van der Waals surface area (Å²) in [6.07, 6.45) is 3.48. The Morgan fingerprint density at radius 2 is 2.17 bits per heavy atom. The zero-order valence-electron chi connectivity index (χ0n) is 14.3. The van der Waals surface area contributed by atoms with Gasteiger partial charge in [0.1, 0.15) is 0 Å². The maximum Gasteiger partial charge on any atom is 0.259 e. The molecule has 124 valence electrons. The molecule has 0 spiro atoms. The van der Waals surface area contributed by atoms with Crippen LogP contribution in [0.1, 0.15) is 47.1 Å². The Morgan fingerprint density at radius 1 is 1.38 bits per heavy atom. The first-order chi connectivity index (χ1) is 11.5. The van der Waals surface area contributed by atoms with Crippen LogP contribution in [-0.2, 0) is 6.54 Å². The lowest BCUT2D eigenvalue weighted by molar-refractivity contribution is 0.0786. The van der Waals surface area contributed by atoms with E-state index in [0.717, 1.165) is 11.3 Å². The van der Waals surface area contributed by atoms with Gasteiger partial charge in [0.2, 0.25) is 0 Å². The largest absolute Gasteiger partial charge is 0.337 e. The summed E-state index contributed by atoms with van der Waals surface area (Å²) in [4.78, 5) is 23.2. The first-order valence-electron chi connectivity index (χ1n) is 7.88. The Morgan fingerprint density at radius 3 is 2.83 bits per heavy atom. The highest BCUT2D eigenvalue weighted by molar-refractivity contribution is 6.05. The van der Waals surface area contributed by atoms with Crippen LogP contribution >= 0.6 is 0 Å². The van der Waals surface area contributed by atoms with Crippen LogP contribution in [0.4, 0.5) is 0 Å². The van der Waals surface area contributed by atoms with E-state index >= 15 is 0 Å². The molecule has 0 aliphatic rings. The van der Waals surface area contributed by atoms with Crippen LogP contribution in [0.3, 0.4) is 0 Å². The number of fused-ring (bicyclic) bond motifs is 1. The molecule has 6 heteroatoms. The van der Waals surface area contributed by atoms with Gasteiger partial charge in [0, 0.05) is 31.7 Å². The van der Waals surface area contributed by atoms with E-state index in [4.69, 9.17) is 4.52 Å². The van der Waals surface area contributed by atoms with Crippen LogP contribution in [0.2, 0.25) is 0 Å². The second-order valence-corrected chi connectivity index (χ2v) is 6.22. The number of hydrogen-bond acceptors (Lipinski definition) is 5. The minimum absolute atomic E-state index is 0.0838. The van der Waals surface area contributed by atoms with Gasteiger partial charge in [-0.25, -0.2) is 4.98 Å². The van der Waals surface area contributed by atoms with Crippen molar-refractivity contribution in [2.45, 2.75) is 33.2 Å². The van der Waals surface area contributed by atoms with Crippen LogP contribution < -0.4 is 0 Å². The van der Waals surface area contributed by atoms with E-state index in [-0.39, 0.29) is 11.8 Å². The lowest BCUT2D eigenvalue weighted by Crippen LogP contribution is -2.26. The van der Waals surface area contributed by atoms with E-state index < -0.39 is 0 Å². The fourth-order valence-corrected chi connectivity index (χ4v) is 2.62. The van der Waals surface area contributed by atoms with Gasteiger partial charge in [0.25, 0.3) is 11.6 Å². The molecule has 3 aromatic heterocycles. The summed E-state index contributed by atoms with van der Waals surface area (Å²) in [5.41, 5.74) is 3.46. The van der Waals surface area contributed by atoms with Crippen molar-refractivity contribution in [2.75, 3.05) is 7.05 Å². The number of amides is 1. The number of carbonyl (C=O) groups excluding carboxylic acids is 1. The van der Waals surface area contributed by atoms with Gasteiger partial charge in [0.05, 0.1) is 16.6 Å². The van der Waals surface area contributed by atoms with Crippen molar-refractivity contribution < 1.29 is 9.32 Å². The van der Waals surface area contributed by atoms with Crippen molar-refractivity contribution in [1.29, 1.82) is 0 Å². The minimum atomic E-state index is -0.0838. The van der Waals surface area contributed by atoms with Crippen LogP contribution in [0, 0.1) is 6.92 Å². The first-order valence-corrected chi connectivity index (χ1v) is 7.88. The molecule has 0 aliphatic heterocycles. The number of aryl methyl sites for hydroxylation is 1. The number of aromatic nitrogens is 3. The van der Waals surface area contributed by atoms with E-state index in [9.17, 15) is 4.79 Å². The minimum Gasteiger partial charge on any atom is -0.337 e. The predicted molar refractivity (Wildman–Crippen MR) is 90.7 cm³/mol. The third kappa shape index (κ3) is 2.99. The summed E-state index contributed by atoms with van der Waals surface area (Å²) < 4.78 is 5.29. The number of pyridine rings is 2. The molecule has 0 saturated heterocycles. The third-order valence-corrected chi connectivity index (χ3v) is 3.95. The molecule has 0 radical (unpaired) electrons. The molecule has 0 unspecified atom stereocenters. The Kier molecular flexibility index (Phi) is 4.29. The van der Waals surface area contributed by atoms with Crippen LogP contribution in [-0.4, -0.2) is 33.0 Å². The molecule has 0 bridgehead atoms. The summed E-state index contributed by atoms with van der Waals surface area (Å²) in [5.74, 6) is 0.106. The highest BCUT2D eigenvalue weighted by Gasteiger charge is 2.22. The van der Waals surface area contributed by atoms with Crippen molar-refractivity contribution in [1.82, 2.24) is 20.0 Å². The average Bonchev–Trinajstić information content (AvgIpc) is 2.95. The second-order valence-electron chi connectivity index (χ2n) is 6.22. The van der Waals surface area contributed by atoms with Gasteiger partial charge in [-0.1, -0.05) is 25.1 Å². The molecule has 1 amide bonds. The lowest BCUT2D eigenvalue weighted by Gasteiger charge is -2.18. The maximum atomic E-state index is 13.0. The first kappa shape index (κ1) is 16.1. The zero-order valence-corrected chi connectivity index (χ0v) is 14.3. The summed E-state index contributed by atoms with van der Waals surface area (Å²) in [6, 6.07) is 5.65. The average molecular weight is 324 g/mol. The molecule has 0 atom stereocenters. The van der Waals surface area contributed by atoms with Gasteiger partial charge in [0.15, 0.2) is 0 Å². The van der Waals surface area contributed by atoms with E-state index in [1.165, 1.54) is 0 Å². The van der Waals surface area contributed by atoms with Crippen molar-refractivity contribution in [3.8, 4) is 0 Å². The standard InChI is InChI=1S/C18H20N4O2/c1-11(2)15-8-14(16-12(3)21-24-17(16)20-15)18(23)22(4)10-13-6-5-7-19-9-13/h5-9,11H,10H2,1-4H3. The topological polar surface area (TPSA) is 72.1 Å². The van der Waals surface area contributed by atoms with Gasteiger partial charge in [-0.15, -0.1) is 0 Å². The van der Waals surface area contributed by atoms with Gasteiger partial charge in [-0.05, 0) is 30.5 Å². The Hall–Kier alpha value is -2.76. The van der Waals surface area contributed by atoms with Crippen molar-refractivity contribution in [2.24, 2.45) is 0 Å². The monoisotopic (exact) mass is 324 g/mol. The predicted octanol–water partition coefficient (Wildman–Crippen LogP) is 3.32. The van der Waals surface area contributed by atoms with E-state index in [0.29, 0.717) is 28.9 Å². The van der Waals surface area contributed by atoms with Crippen molar-refractivity contribution in [3.05, 3.63) is 53.1 Å². The van der Waals surface area contributed by atoms with Gasteiger partial charge in [-0.3, -0.25) is 9.78 Å². The Balaban J connectivity index is 2.00. The van der Waals surface area contributed by atoms with Crippen LogP contribution in [0.15, 0.2) is 35.1 Å². The molecule has 0 saturated carbocycles. The van der Waals surface area contributed by atoms with E-state index in [1.54, 1.807) is 24.3 Å². The lowest BCUT2D eigenvalue weighted by atomic mass is 10.0. The number of hydrogen-bond donors (Lipinski definition) is 0. The second kappa shape index (κ2) is 6.39. The van der Waals surface area contributed by atoms with Gasteiger partial charge in [-0.2, -0.15) is 0 Å². The molecule has 0 fully saturated rings. The Bertz CT molecular complexity index is 871. The highest BCUT2D eigenvalue weighted by Crippen LogP contribution is 2.26. The third-order valence-electron chi connectivity index (χ3n) is 3.95. The highest BCUT2D eigenvalue weighted by atomic mass is 16.5. The molecule has 3 heterocycles. The maximum absolute atomic E-state index is 13.0. The summed E-state index contributed by atoms with van der Waals surface area (Å²) in [6.45, 7) is 6.37. The molecular formula is C18H20N4O2. The summed E-state index contributed by atoms with van der Waals surface area (Å²) in [7, 11) is 1.78. The molecular weight excluding hydrogens is 304 g/mol. The fourth-order valence-electron chi connectivity index (χ4n) is 2.62. The molecule has 0 aliphatic carbocycles. The SMILES string of the molecule is Cc1noc2nc(C(C)C)cc(C(=O)N(C)Cc3cccnc3)c12. The fraction of sp³-hybridized carbons (Fsp3) is 0.333. The zero-order chi connectivity index (χ0) is 17.3. The molecule has 24 heavy (non-hydrogen) atoms.